The number of Topliss-reactive ketones (excluding diaryl/α,β-unsaturated/α-hetero) is 1. The highest BCUT2D eigenvalue weighted by molar-refractivity contribution is 5.89. The zero-order chi connectivity index (χ0) is 11.5. The summed E-state index contributed by atoms with van der Waals surface area (Å²) in [6, 6.07) is 9.85. The smallest absolute Gasteiger partial charge is 0.223 e. The first-order valence-corrected chi connectivity index (χ1v) is 5.49. The fourth-order valence-electron chi connectivity index (χ4n) is 2.00. The van der Waals surface area contributed by atoms with Crippen LogP contribution in [0, 0.1) is 5.92 Å². The second kappa shape index (κ2) is 4.47. The van der Waals surface area contributed by atoms with Gasteiger partial charge >= 0.3 is 0 Å². The Balaban J connectivity index is 2.02. The number of amides is 1. The Morgan fingerprint density at radius 1 is 1.38 bits per heavy atom. The van der Waals surface area contributed by atoms with E-state index in [-0.39, 0.29) is 17.6 Å². The lowest BCUT2D eigenvalue weighted by Gasteiger charge is -2.15. The molecule has 1 aliphatic rings. The summed E-state index contributed by atoms with van der Waals surface area (Å²) in [4.78, 5) is 24.6. The van der Waals surface area contributed by atoms with Crippen LogP contribution in [0.3, 0.4) is 0 Å². The molecule has 0 aromatic heterocycles. The molecule has 3 nitrogen and oxygen atoms in total. The van der Waals surface area contributed by atoms with Crippen molar-refractivity contribution in [3.63, 3.8) is 0 Å². The summed E-state index contributed by atoms with van der Waals surface area (Å²) in [5.41, 5.74) is 1.11. The van der Waals surface area contributed by atoms with Crippen molar-refractivity contribution in [2.75, 3.05) is 6.54 Å². The number of ketones is 1. The summed E-state index contributed by atoms with van der Waals surface area (Å²) in [6.45, 7) is 2.75. The van der Waals surface area contributed by atoms with Crippen molar-refractivity contribution in [1.29, 1.82) is 0 Å². The lowest BCUT2D eigenvalue weighted by molar-refractivity contribution is -0.128. The average Bonchev–Trinajstić information content (AvgIpc) is 2.62. The fraction of sp³-hybridized carbons (Fsp3) is 0.385. The maximum atomic E-state index is 11.7. The third-order valence-corrected chi connectivity index (χ3v) is 3.01. The molecule has 1 aromatic carbocycles. The highest BCUT2D eigenvalue weighted by atomic mass is 16.2. The summed E-state index contributed by atoms with van der Waals surface area (Å²) < 4.78 is 0. The summed E-state index contributed by atoms with van der Waals surface area (Å²) in [5, 5.41) is 0. The van der Waals surface area contributed by atoms with Crippen LogP contribution in [-0.4, -0.2) is 23.1 Å². The van der Waals surface area contributed by atoms with Crippen LogP contribution in [0.4, 0.5) is 0 Å². The maximum Gasteiger partial charge on any atom is 0.223 e. The van der Waals surface area contributed by atoms with Crippen LogP contribution in [0.1, 0.15) is 18.9 Å². The molecular formula is C13H15NO2. The summed E-state index contributed by atoms with van der Waals surface area (Å²) in [6.07, 6.45) is 0.377. The van der Waals surface area contributed by atoms with Gasteiger partial charge in [0.1, 0.15) is 5.78 Å². The molecule has 3 heteroatoms. The van der Waals surface area contributed by atoms with Gasteiger partial charge in [0.2, 0.25) is 5.91 Å². The molecule has 1 fully saturated rings. The van der Waals surface area contributed by atoms with Gasteiger partial charge in [-0.15, -0.1) is 0 Å². The molecule has 0 N–H and O–H groups in total. The number of hydrogen-bond donors (Lipinski definition) is 0. The SMILES string of the molecule is CC(=O)[C@@H]1CC(=O)N(Cc2ccccc2)C1. The first kappa shape index (κ1) is 10.9. The molecule has 0 unspecified atom stereocenters. The first-order chi connectivity index (χ1) is 7.66. The third kappa shape index (κ3) is 2.30. The van der Waals surface area contributed by atoms with Crippen molar-refractivity contribution in [3.8, 4) is 0 Å². The zero-order valence-corrected chi connectivity index (χ0v) is 9.35. The fourth-order valence-corrected chi connectivity index (χ4v) is 2.00. The van der Waals surface area contributed by atoms with Crippen LogP contribution in [0.5, 0.6) is 0 Å². The van der Waals surface area contributed by atoms with Crippen molar-refractivity contribution in [1.82, 2.24) is 4.90 Å². The van der Waals surface area contributed by atoms with E-state index in [1.165, 1.54) is 0 Å². The van der Waals surface area contributed by atoms with Crippen LogP contribution in [0.15, 0.2) is 30.3 Å². The van der Waals surface area contributed by atoms with Gasteiger partial charge in [-0.2, -0.15) is 0 Å². The monoisotopic (exact) mass is 217 g/mol. The second-order valence-corrected chi connectivity index (χ2v) is 4.27. The number of nitrogens with zero attached hydrogens (tertiary/aromatic N) is 1. The normalized spacial score (nSPS) is 20.2. The van der Waals surface area contributed by atoms with E-state index in [9.17, 15) is 9.59 Å². The summed E-state index contributed by atoms with van der Waals surface area (Å²) >= 11 is 0. The number of likely N-dealkylation sites (tertiary alicyclic amines) is 1. The Morgan fingerprint density at radius 3 is 2.62 bits per heavy atom. The second-order valence-electron chi connectivity index (χ2n) is 4.27. The standard InChI is InChI=1S/C13H15NO2/c1-10(15)12-7-13(16)14(9-12)8-11-5-3-2-4-6-11/h2-6,12H,7-9H2,1H3/t12-/m1/s1. The van der Waals surface area contributed by atoms with E-state index in [1.54, 1.807) is 11.8 Å². The Labute approximate surface area is 95.1 Å². The van der Waals surface area contributed by atoms with Gasteiger partial charge in [0.25, 0.3) is 0 Å². The number of hydrogen-bond acceptors (Lipinski definition) is 2. The molecule has 1 aromatic rings. The van der Waals surface area contributed by atoms with E-state index in [0.29, 0.717) is 19.5 Å². The van der Waals surface area contributed by atoms with Gasteiger partial charge in [-0.1, -0.05) is 30.3 Å². The molecule has 2 rings (SSSR count). The molecular weight excluding hydrogens is 202 g/mol. The van der Waals surface area contributed by atoms with Gasteiger partial charge in [-0.25, -0.2) is 0 Å². The predicted molar refractivity (Wildman–Crippen MR) is 60.6 cm³/mol. The topological polar surface area (TPSA) is 37.4 Å². The molecule has 16 heavy (non-hydrogen) atoms. The molecule has 1 heterocycles. The number of benzene rings is 1. The Bertz CT molecular complexity index is 400. The van der Waals surface area contributed by atoms with Crippen molar-refractivity contribution >= 4 is 11.7 Å². The quantitative estimate of drug-likeness (QED) is 0.771. The van der Waals surface area contributed by atoms with Crippen molar-refractivity contribution in [2.24, 2.45) is 5.92 Å². The zero-order valence-electron chi connectivity index (χ0n) is 9.35. The molecule has 0 saturated carbocycles. The Morgan fingerprint density at radius 2 is 2.06 bits per heavy atom. The molecule has 0 radical (unpaired) electrons. The predicted octanol–water partition coefficient (Wildman–Crippen LogP) is 1.62. The van der Waals surface area contributed by atoms with E-state index in [1.807, 2.05) is 30.3 Å². The Hall–Kier alpha value is -1.64. The van der Waals surface area contributed by atoms with Gasteiger partial charge < -0.3 is 4.90 Å². The lowest BCUT2D eigenvalue weighted by atomic mass is 10.1. The molecule has 0 bridgehead atoms. The van der Waals surface area contributed by atoms with Crippen molar-refractivity contribution in [3.05, 3.63) is 35.9 Å². The molecule has 84 valence electrons. The minimum atomic E-state index is -0.101. The van der Waals surface area contributed by atoms with Gasteiger partial charge in [-0.05, 0) is 12.5 Å². The molecule has 1 saturated heterocycles. The highest BCUT2D eigenvalue weighted by Gasteiger charge is 2.31. The molecule has 1 atom stereocenters. The number of rotatable bonds is 3. The number of carbonyl (C=O) groups is 2. The van der Waals surface area contributed by atoms with Crippen molar-refractivity contribution < 1.29 is 9.59 Å². The largest absolute Gasteiger partial charge is 0.338 e. The lowest BCUT2D eigenvalue weighted by Crippen LogP contribution is -2.25. The minimum Gasteiger partial charge on any atom is -0.338 e. The van der Waals surface area contributed by atoms with Gasteiger partial charge in [0.05, 0.1) is 0 Å². The summed E-state index contributed by atoms with van der Waals surface area (Å²) in [7, 11) is 0. The van der Waals surface area contributed by atoms with Gasteiger partial charge in [-0.3, -0.25) is 9.59 Å². The number of carbonyl (C=O) groups excluding carboxylic acids is 2. The van der Waals surface area contributed by atoms with Crippen LogP contribution < -0.4 is 0 Å². The van der Waals surface area contributed by atoms with Crippen LogP contribution in [-0.2, 0) is 16.1 Å². The summed E-state index contributed by atoms with van der Waals surface area (Å²) in [5.74, 6) is 0.101. The third-order valence-electron chi connectivity index (χ3n) is 3.01. The van der Waals surface area contributed by atoms with E-state index in [0.717, 1.165) is 5.56 Å². The molecule has 1 aliphatic heterocycles. The molecule has 0 spiro atoms. The Kier molecular flexibility index (Phi) is 3.04. The van der Waals surface area contributed by atoms with E-state index >= 15 is 0 Å². The van der Waals surface area contributed by atoms with Crippen LogP contribution in [0.2, 0.25) is 0 Å². The van der Waals surface area contributed by atoms with Crippen LogP contribution in [0.25, 0.3) is 0 Å². The van der Waals surface area contributed by atoms with Crippen molar-refractivity contribution in [2.45, 2.75) is 19.9 Å². The van der Waals surface area contributed by atoms with Gasteiger partial charge in [0.15, 0.2) is 0 Å². The van der Waals surface area contributed by atoms with E-state index < -0.39 is 0 Å². The van der Waals surface area contributed by atoms with Gasteiger partial charge in [0, 0.05) is 25.4 Å². The van der Waals surface area contributed by atoms with Crippen LogP contribution >= 0.6 is 0 Å². The molecule has 1 amide bonds. The first-order valence-electron chi connectivity index (χ1n) is 5.49. The van der Waals surface area contributed by atoms with E-state index in [2.05, 4.69) is 0 Å². The molecule has 0 aliphatic carbocycles. The maximum absolute atomic E-state index is 11.7. The average molecular weight is 217 g/mol. The van der Waals surface area contributed by atoms with E-state index in [4.69, 9.17) is 0 Å². The highest BCUT2D eigenvalue weighted by Crippen LogP contribution is 2.20. The minimum absolute atomic E-state index is 0.0871.